The molecule has 12 heavy (non-hydrogen) atoms. The largest absolute Gasteiger partial charge is 0.366 e. The third kappa shape index (κ3) is 1.75. The van der Waals surface area contributed by atoms with Gasteiger partial charge < -0.3 is 11.1 Å². The van der Waals surface area contributed by atoms with E-state index >= 15 is 0 Å². The van der Waals surface area contributed by atoms with Crippen molar-refractivity contribution >= 4 is 5.91 Å². The number of rotatable bonds is 2. The maximum absolute atomic E-state index is 10.9. The Labute approximate surface area is 71.6 Å². The highest BCUT2D eigenvalue weighted by molar-refractivity contribution is 5.97. The second kappa shape index (κ2) is 3.76. The van der Waals surface area contributed by atoms with Crippen LogP contribution in [-0.4, -0.2) is 5.91 Å². The Hall–Kier alpha value is -1.51. The van der Waals surface area contributed by atoms with Crippen LogP contribution in [-0.2, 0) is 4.79 Å². The van der Waals surface area contributed by atoms with Gasteiger partial charge in [-0.3, -0.25) is 4.79 Å². The topological polar surface area (TPSA) is 55.1 Å². The first-order valence-corrected chi connectivity index (χ1v) is 3.89. The lowest BCUT2D eigenvalue weighted by molar-refractivity contribution is -0.114. The van der Waals surface area contributed by atoms with Crippen molar-refractivity contribution in [2.75, 3.05) is 0 Å². The molecule has 0 unspecified atom stereocenters. The van der Waals surface area contributed by atoms with Gasteiger partial charge in [0.25, 0.3) is 5.91 Å². The fourth-order valence-electron chi connectivity index (χ4n) is 1.04. The quantitative estimate of drug-likeness (QED) is 0.634. The van der Waals surface area contributed by atoms with Crippen molar-refractivity contribution in [3.63, 3.8) is 0 Å². The maximum atomic E-state index is 10.9. The zero-order chi connectivity index (χ0) is 8.97. The van der Waals surface area contributed by atoms with E-state index in [1.165, 1.54) is 0 Å². The zero-order valence-electron chi connectivity index (χ0n) is 7.00. The molecule has 64 valence electrons. The highest BCUT2D eigenvalue weighted by Gasteiger charge is 2.10. The van der Waals surface area contributed by atoms with Gasteiger partial charge in [0, 0.05) is 11.9 Å². The molecule has 1 aliphatic rings. The number of amides is 1. The van der Waals surface area contributed by atoms with E-state index in [2.05, 4.69) is 5.32 Å². The fraction of sp³-hybridized carbons (Fsp3) is 0.222. The summed E-state index contributed by atoms with van der Waals surface area (Å²) in [5.74, 6) is -0.397. The van der Waals surface area contributed by atoms with Crippen LogP contribution in [0.5, 0.6) is 0 Å². The Balaban J connectivity index is 2.91. The van der Waals surface area contributed by atoms with Gasteiger partial charge in [-0.15, -0.1) is 0 Å². The summed E-state index contributed by atoms with van der Waals surface area (Å²) in [6, 6.07) is 0. The third-order valence-corrected chi connectivity index (χ3v) is 1.56. The molecule has 0 saturated carbocycles. The number of dihydropyridines is 1. The van der Waals surface area contributed by atoms with E-state index in [4.69, 9.17) is 5.73 Å². The fourth-order valence-corrected chi connectivity index (χ4v) is 1.04. The average Bonchev–Trinajstić information content (AvgIpc) is 2.05. The summed E-state index contributed by atoms with van der Waals surface area (Å²) in [6.07, 6.45) is 8.04. The zero-order valence-corrected chi connectivity index (χ0v) is 7.00. The van der Waals surface area contributed by atoms with Crippen molar-refractivity contribution in [3.05, 3.63) is 35.7 Å². The summed E-state index contributed by atoms with van der Waals surface area (Å²) >= 11 is 0. The average molecular weight is 164 g/mol. The Bertz CT molecular complexity index is 274. The first-order chi connectivity index (χ1) is 5.75. The van der Waals surface area contributed by atoms with Crippen molar-refractivity contribution in [2.45, 2.75) is 13.3 Å². The third-order valence-electron chi connectivity index (χ3n) is 1.56. The second-order valence-corrected chi connectivity index (χ2v) is 2.47. The summed E-state index contributed by atoms with van der Waals surface area (Å²) in [4.78, 5) is 10.9. The number of carbonyl (C=O) groups is 1. The van der Waals surface area contributed by atoms with Gasteiger partial charge in [-0.1, -0.05) is 13.0 Å². The molecular formula is C9H12N2O. The molecule has 0 atom stereocenters. The van der Waals surface area contributed by atoms with E-state index in [0.717, 1.165) is 12.1 Å². The minimum Gasteiger partial charge on any atom is -0.366 e. The molecule has 0 aromatic carbocycles. The van der Waals surface area contributed by atoms with E-state index in [0.29, 0.717) is 5.57 Å². The molecule has 1 rings (SSSR count). The van der Waals surface area contributed by atoms with E-state index in [-0.39, 0.29) is 0 Å². The Morgan fingerprint density at radius 1 is 1.75 bits per heavy atom. The van der Waals surface area contributed by atoms with Gasteiger partial charge in [-0.2, -0.15) is 0 Å². The predicted octanol–water partition coefficient (Wildman–Crippen LogP) is 0.809. The van der Waals surface area contributed by atoms with Crippen molar-refractivity contribution in [2.24, 2.45) is 5.73 Å². The Kier molecular flexibility index (Phi) is 2.69. The highest BCUT2D eigenvalue weighted by Crippen LogP contribution is 2.10. The van der Waals surface area contributed by atoms with E-state index in [9.17, 15) is 4.79 Å². The van der Waals surface area contributed by atoms with Gasteiger partial charge in [0.15, 0.2) is 0 Å². The first kappa shape index (κ1) is 8.59. The van der Waals surface area contributed by atoms with Crippen LogP contribution in [0.15, 0.2) is 35.7 Å². The molecular weight excluding hydrogens is 152 g/mol. The number of carbonyl (C=O) groups excluding carboxylic acids is 1. The van der Waals surface area contributed by atoms with Gasteiger partial charge in [-0.25, -0.2) is 0 Å². The molecule has 0 spiro atoms. The Morgan fingerprint density at radius 2 is 2.50 bits per heavy atom. The molecule has 1 heterocycles. The maximum Gasteiger partial charge on any atom is 0.250 e. The molecule has 0 radical (unpaired) electrons. The van der Waals surface area contributed by atoms with E-state index in [1.807, 2.05) is 13.0 Å². The minimum absolute atomic E-state index is 0.397. The van der Waals surface area contributed by atoms with Crippen LogP contribution in [0.25, 0.3) is 0 Å². The smallest absolute Gasteiger partial charge is 0.250 e. The number of primary amides is 1. The van der Waals surface area contributed by atoms with Crippen molar-refractivity contribution in [1.82, 2.24) is 5.32 Å². The van der Waals surface area contributed by atoms with Crippen LogP contribution in [0.2, 0.25) is 0 Å². The molecule has 1 amide bonds. The SMILES string of the molecule is CC/C=C1\NC=CC=C1C(N)=O. The lowest BCUT2D eigenvalue weighted by Crippen LogP contribution is -2.22. The summed E-state index contributed by atoms with van der Waals surface area (Å²) < 4.78 is 0. The number of nitrogens with two attached hydrogens (primary N) is 1. The normalized spacial score (nSPS) is 18.8. The molecule has 0 aromatic rings. The van der Waals surface area contributed by atoms with Crippen LogP contribution in [0.3, 0.4) is 0 Å². The molecule has 0 bridgehead atoms. The van der Waals surface area contributed by atoms with Crippen molar-refractivity contribution in [3.8, 4) is 0 Å². The summed E-state index contributed by atoms with van der Waals surface area (Å²) in [5, 5.41) is 2.96. The van der Waals surface area contributed by atoms with E-state index < -0.39 is 5.91 Å². The molecule has 3 N–H and O–H groups in total. The molecule has 1 aliphatic heterocycles. The number of nitrogens with one attached hydrogen (secondary N) is 1. The van der Waals surface area contributed by atoms with Crippen molar-refractivity contribution < 1.29 is 4.79 Å². The second-order valence-electron chi connectivity index (χ2n) is 2.47. The molecule has 3 nitrogen and oxygen atoms in total. The van der Waals surface area contributed by atoms with Gasteiger partial charge in [0.05, 0.1) is 5.57 Å². The van der Waals surface area contributed by atoms with Crippen LogP contribution in [0.4, 0.5) is 0 Å². The summed E-state index contributed by atoms with van der Waals surface area (Å²) in [6.45, 7) is 2.01. The van der Waals surface area contributed by atoms with Gasteiger partial charge in [0.2, 0.25) is 0 Å². The monoisotopic (exact) mass is 164 g/mol. The molecule has 0 aromatic heterocycles. The van der Waals surface area contributed by atoms with Crippen LogP contribution < -0.4 is 11.1 Å². The predicted molar refractivity (Wildman–Crippen MR) is 47.9 cm³/mol. The summed E-state index contributed by atoms with van der Waals surface area (Å²) in [7, 11) is 0. The van der Waals surface area contributed by atoms with Gasteiger partial charge >= 0.3 is 0 Å². The standard InChI is InChI=1S/C9H12N2O/c1-2-4-8-7(9(10)12)5-3-6-11-8/h3-6,11H,2H2,1H3,(H2,10,12)/b8-4-. The van der Waals surface area contributed by atoms with Crippen molar-refractivity contribution in [1.29, 1.82) is 0 Å². The molecule has 0 saturated heterocycles. The number of hydrogen-bond donors (Lipinski definition) is 2. The molecule has 0 aliphatic carbocycles. The Morgan fingerprint density at radius 3 is 3.08 bits per heavy atom. The lowest BCUT2D eigenvalue weighted by atomic mass is 10.1. The van der Waals surface area contributed by atoms with Gasteiger partial charge in [0.1, 0.15) is 0 Å². The van der Waals surface area contributed by atoms with Crippen LogP contribution in [0, 0.1) is 0 Å². The van der Waals surface area contributed by atoms with Crippen LogP contribution in [0.1, 0.15) is 13.3 Å². The number of allylic oxidation sites excluding steroid dienone is 3. The first-order valence-electron chi connectivity index (χ1n) is 3.89. The molecule has 3 heteroatoms. The van der Waals surface area contributed by atoms with E-state index in [1.54, 1.807) is 18.4 Å². The van der Waals surface area contributed by atoms with Crippen LogP contribution >= 0.6 is 0 Å². The highest BCUT2D eigenvalue weighted by atomic mass is 16.1. The van der Waals surface area contributed by atoms with Gasteiger partial charge in [-0.05, 0) is 18.6 Å². The number of hydrogen-bond acceptors (Lipinski definition) is 2. The summed E-state index contributed by atoms with van der Waals surface area (Å²) in [5.41, 5.74) is 6.51. The minimum atomic E-state index is -0.397. The lowest BCUT2D eigenvalue weighted by Gasteiger charge is -2.11. The molecule has 0 fully saturated rings.